The summed E-state index contributed by atoms with van der Waals surface area (Å²) in [5, 5.41) is 26.4. The molecule has 106 heavy (non-hydrogen) atoms. The highest BCUT2D eigenvalue weighted by atomic mass is 35.5. The molecule has 3 aromatic heterocycles. The van der Waals surface area contributed by atoms with Crippen LogP contribution >= 0.6 is 23.2 Å². The van der Waals surface area contributed by atoms with Crippen molar-refractivity contribution >= 4 is 40.9 Å². The Balaban J connectivity index is 0.000000187. The Bertz CT molecular complexity index is 4300. The first-order valence-electron chi connectivity index (χ1n) is 36.7. The summed E-state index contributed by atoms with van der Waals surface area (Å²) in [6, 6.07) is 61.7. The van der Waals surface area contributed by atoms with E-state index >= 15 is 0 Å². The molecule has 2 saturated heterocycles. The number of aliphatic hydroxyl groups is 1. The number of aromatic nitrogens is 6. The molecular formula is C86H101Cl2N11O7. The van der Waals surface area contributed by atoms with Gasteiger partial charge in [-0.25, -0.2) is 29.9 Å². The highest BCUT2D eigenvalue weighted by molar-refractivity contribution is 6.32. The number of likely N-dealkylation sites (tertiary alicyclic amines) is 2. The van der Waals surface area contributed by atoms with Crippen molar-refractivity contribution in [3.8, 4) is 84.8 Å². The van der Waals surface area contributed by atoms with Crippen LogP contribution in [-0.2, 0) is 40.3 Å². The van der Waals surface area contributed by atoms with Crippen LogP contribution in [0.1, 0.15) is 110 Å². The molecule has 0 aliphatic carbocycles. The Kier molecular flexibility index (Phi) is 34.0. The van der Waals surface area contributed by atoms with Gasteiger partial charge in [0, 0.05) is 89.5 Å². The molecule has 556 valence electrons. The molecule has 0 bridgehead atoms. The van der Waals surface area contributed by atoms with Gasteiger partial charge in [-0.3, -0.25) is 19.3 Å². The van der Waals surface area contributed by atoms with Crippen molar-refractivity contribution in [1.82, 2.24) is 55.7 Å². The van der Waals surface area contributed by atoms with E-state index < -0.39 is 0 Å². The molecule has 5 heterocycles. The molecule has 10 aromatic rings. The first kappa shape index (κ1) is 81.7. The molecule has 7 aromatic carbocycles. The van der Waals surface area contributed by atoms with Crippen molar-refractivity contribution < 1.29 is 34.1 Å². The number of nitrogens with one attached hydrogen (secondary N) is 3. The number of carbonyl (C=O) groups is 3. The van der Waals surface area contributed by atoms with Gasteiger partial charge in [0.25, 0.3) is 0 Å². The Morgan fingerprint density at radius 2 is 0.849 bits per heavy atom. The zero-order valence-corrected chi connectivity index (χ0v) is 63.6. The van der Waals surface area contributed by atoms with E-state index in [9.17, 15) is 19.5 Å². The van der Waals surface area contributed by atoms with Crippen LogP contribution in [0.15, 0.2) is 207 Å². The van der Waals surface area contributed by atoms with Crippen molar-refractivity contribution in [3.63, 3.8) is 0 Å². The smallest absolute Gasteiger partial charge is 0.226 e. The fraction of sp³-hybridized carbons (Fsp3) is 0.337. The standard InChI is InChI=1S/C28H26ClN3O2.C28H34N4O2.C21H21N3O2.C7H14ClN.C2H6O/c1-19(2)30-25(33)17-24-26(21-12-7-4-8-13-21)27(29)32-28(31-24)22-14-9-15-23(16-22)34-18-20-10-5-3-6-11-20;1-21(2)30-27(33)19-26-25(22-10-5-3-6-11-22)20-29-28(31-26)23-12-9-13-24(18-23)34-17-16-32-14-7-4-8-15-32;1-14(2)23-20(26)12-19-18(15-7-4-3-5-8-15)13-22-21(24-19)16-9-6-10-17(25)11-16;8-4-7-9-5-2-1-3-6-9;1-2-3/h3-16,19H,17-18H2,1-2H3,(H,30,33);3,5-6,9-13,18,20-21H,4,7-8,14-17,19H2,1-2H3,(H,30,33);3-11,13-14,25H,12H2,1-2H3,(H,23,26);1-7H2;3H,2H2,1H3. The minimum Gasteiger partial charge on any atom is -0.508 e. The quantitative estimate of drug-likeness (QED) is 0.0280. The van der Waals surface area contributed by atoms with Gasteiger partial charge < -0.3 is 40.5 Å². The van der Waals surface area contributed by atoms with E-state index in [0.29, 0.717) is 69.8 Å². The Labute approximate surface area is 635 Å². The van der Waals surface area contributed by atoms with Crippen LogP contribution in [0.2, 0.25) is 5.15 Å². The molecule has 0 radical (unpaired) electrons. The molecule has 0 atom stereocenters. The monoisotopic (exact) mass is 1470 g/mol. The normalized spacial score (nSPS) is 12.7. The van der Waals surface area contributed by atoms with E-state index in [4.69, 9.17) is 47.8 Å². The van der Waals surface area contributed by atoms with Crippen molar-refractivity contribution in [1.29, 1.82) is 0 Å². The number of aliphatic hydroxyl groups excluding tert-OH is 1. The summed E-state index contributed by atoms with van der Waals surface area (Å²) in [5.41, 5.74) is 10.6. The maximum atomic E-state index is 12.6. The lowest BCUT2D eigenvalue weighted by molar-refractivity contribution is -0.121. The summed E-state index contributed by atoms with van der Waals surface area (Å²) >= 11 is 12.3. The zero-order chi connectivity index (χ0) is 75.4. The maximum Gasteiger partial charge on any atom is 0.226 e. The largest absolute Gasteiger partial charge is 0.508 e. The summed E-state index contributed by atoms with van der Waals surface area (Å²) in [4.78, 5) is 70.3. The topological polar surface area (TPSA) is 230 Å². The summed E-state index contributed by atoms with van der Waals surface area (Å²) < 4.78 is 12.0. The average molecular weight is 1470 g/mol. The van der Waals surface area contributed by atoms with Gasteiger partial charge in [-0.15, -0.1) is 11.6 Å². The van der Waals surface area contributed by atoms with Crippen molar-refractivity contribution in [2.75, 3.05) is 58.4 Å². The highest BCUT2D eigenvalue weighted by Crippen LogP contribution is 2.34. The van der Waals surface area contributed by atoms with Gasteiger partial charge >= 0.3 is 0 Å². The summed E-state index contributed by atoms with van der Waals surface area (Å²) in [6.07, 6.45) is 12.1. The number of piperidine rings is 2. The molecule has 12 rings (SSSR count). The second-order valence-corrected chi connectivity index (χ2v) is 27.3. The van der Waals surface area contributed by atoms with E-state index in [1.807, 2.05) is 224 Å². The van der Waals surface area contributed by atoms with Crippen LogP contribution in [0.5, 0.6) is 17.2 Å². The molecule has 0 saturated carbocycles. The second-order valence-electron chi connectivity index (χ2n) is 26.6. The number of hydrogen-bond acceptors (Lipinski definition) is 15. The third-order valence-corrected chi connectivity index (χ3v) is 17.2. The molecule has 2 aliphatic heterocycles. The van der Waals surface area contributed by atoms with Crippen LogP contribution in [0.3, 0.4) is 0 Å². The van der Waals surface area contributed by atoms with Crippen molar-refractivity contribution in [3.05, 3.63) is 234 Å². The van der Waals surface area contributed by atoms with Crippen LogP contribution in [0.4, 0.5) is 0 Å². The van der Waals surface area contributed by atoms with E-state index in [-0.39, 0.29) is 67.5 Å². The van der Waals surface area contributed by atoms with Gasteiger partial charge in [0.2, 0.25) is 17.7 Å². The molecular weight excluding hydrogens is 1370 g/mol. The number of aromatic hydroxyl groups is 1. The molecule has 0 spiro atoms. The number of nitrogens with zero attached hydrogens (tertiary/aromatic N) is 8. The fourth-order valence-corrected chi connectivity index (χ4v) is 12.5. The molecule has 2 aliphatic rings. The number of hydrogen-bond donors (Lipinski definition) is 5. The summed E-state index contributed by atoms with van der Waals surface area (Å²) in [7, 11) is 0. The van der Waals surface area contributed by atoms with Crippen LogP contribution in [-0.4, -0.2) is 144 Å². The SMILES string of the molecule is CC(C)NC(=O)Cc1nc(-c2cccc(O)c2)ncc1-c1ccccc1.CC(C)NC(=O)Cc1nc(-c2cccc(OCCN3CCCCC3)c2)ncc1-c1ccccc1.CC(C)NC(=O)Cc1nc(-c2cccc(OCc3ccccc3)c2)nc(Cl)c1-c1ccccc1.CCO.ClCCN1CCCCC1. The first-order chi connectivity index (χ1) is 51.4. The molecule has 2 fully saturated rings. The fourth-order valence-electron chi connectivity index (χ4n) is 11.9. The molecule has 18 nitrogen and oxygen atoms in total. The van der Waals surface area contributed by atoms with Crippen LogP contribution in [0, 0.1) is 0 Å². The van der Waals surface area contributed by atoms with Crippen LogP contribution in [0.25, 0.3) is 67.5 Å². The Morgan fingerprint density at radius 1 is 0.462 bits per heavy atom. The van der Waals surface area contributed by atoms with Crippen LogP contribution < -0.4 is 25.4 Å². The summed E-state index contributed by atoms with van der Waals surface area (Å²) in [6.45, 7) is 21.6. The predicted octanol–water partition coefficient (Wildman–Crippen LogP) is 16.1. The van der Waals surface area contributed by atoms with E-state index in [0.717, 1.165) is 82.3 Å². The number of phenols is 1. The number of rotatable bonds is 24. The predicted molar refractivity (Wildman–Crippen MR) is 427 cm³/mol. The van der Waals surface area contributed by atoms with Crippen molar-refractivity contribution in [2.45, 2.75) is 131 Å². The number of alkyl halides is 1. The number of phenolic OH excluding ortho intramolecular Hbond substituents is 1. The third kappa shape index (κ3) is 27.5. The zero-order valence-electron chi connectivity index (χ0n) is 62.1. The first-order valence-corrected chi connectivity index (χ1v) is 37.6. The molecule has 0 unspecified atom stereocenters. The van der Waals surface area contributed by atoms with E-state index in [1.54, 1.807) is 31.3 Å². The second kappa shape index (κ2) is 44.1. The number of halogens is 2. The van der Waals surface area contributed by atoms with Crippen molar-refractivity contribution in [2.24, 2.45) is 0 Å². The van der Waals surface area contributed by atoms with E-state index in [2.05, 4.69) is 45.7 Å². The molecule has 3 amide bonds. The third-order valence-electron chi connectivity index (χ3n) is 16.8. The number of amides is 3. The summed E-state index contributed by atoms with van der Waals surface area (Å²) in [5.74, 6) is 3.72. The lowest BCUT2D eigenvalue weighted by Crippen LogP contribution is -2.33. The number of carbonyl (C=O) groups excluding carboxylic acids is 3. The molecule has 5 N–H and O–H groups in total. The number of benzene rings is 7. The lowest BCUT2D eigenvalue weighted by Gasteiger charge is -2.26. The maximum absolute atomic E-state index is 12.6. The van der Waals surface area contributed by atoms with Gasteiger partial charge in [0.05, 0.1) is 36.3 Å². The Morgan fingerprint density at radius 3 is 1.30 bits per heavy atom. The lowest BCUT2D eigenvalue weighted by atomic mass is 10.0. The highest BCUT2D eigenvalue weighted by Gasteiger charge is 2.22. The van der Waals surface area contributed by atoms with E-state index in [1.165, 1.54) is 51.6 Å². The van der Waals surface area contributed by atoms with Gasteiger partial charge in [0.1, 0.15) is 35.6 Å². The minimum atomic E-state index is -0.118. The van der Waals surface area contributed by atoms with Gasteiger partial charge in [-0.2, -0.15) is 0 Å². The van der Waals surface area contributed by atoms with Gasteiger partial charge in [-0.05, 0) is 159 Å². The van der Waals surface area contributed by atoms with Gasteiger partial charge in [-0.1, -0.05) is 182 Å². The number of ether oxygens (including phenoxy) is 2. The molecule has 20 heteroatoms. The minimum absolute atomic E-state index is 0.0305. The average Bonchev–Trinajstić information content (AvgIpc) is 0.803. The van der Waals surface area contributed by atoms with Gasteiger partial charge in [0.15, 0.2) is 17.5 Å². The Hall–Kier alpha value is -9.95.